The van der Waals surface area contributed by atoms with E-state index in [1.165, 1.54) is 22.4 Å². The van der Waals surface area contributed by atoms with E-state index in [1.807, 2.05) is 0 Å². The first-order chi connectivity index (χ1) is 9.47. The van der Waals surface area contributed by atoms with Gasteiger partial charge in [0.05, 0.1) is 11.4 Å². The fourth-order valence-electron chi connectivity index (χ4n) is 2.15. The molecule has 0 aliphatic heterocycles. The summed E-state index contributed by atoms with van der Waals surface area (Å²) in [7, 11) is 4.12. The van der Waals surface area contributed by atoms with Gasteiger partial charge in [-0.25, -0.2) is 0 Å². The van der Waals surface area contributed by atoms with E-state index in [9.17, 15) is 0 Å². The van der Waals surface area contributed by atoms with Crippen LogP contribution in [0.15, 0.2) is 40.9 Å². The Bertz CT molecular complexity index is 606. The molecule has 2 aromatic rings. The smallest absolute Gasteiger partial charge is 0.0597 e. The molecule has 0 amide bonds. The quantitative estimate of drug-likeness (QED) is 0.869. The number of nitrogens with zero attached hydrogens (tertiary/aromatic N) is 1. The number of hydrogen-bond donors (Lipinski definition) is 1. The predicted octanol–water partition coefficient (Wildman–Crippen LogP) is 4.74. The number of halogens is 1. The fraction of sp³-hybridized carbons (Fsp3) is 0.294. The Labute approximate surface area is 129 Å². The highest BCUT2D eigenvalue weighted by Gasteiger charge is 2.05. The van der Waals surface area contributed by atoms with Gasteiger partial charge in [-0.1, -0.05) is 34.1 Å². The first-order valence-corrected chi connectivity index (χ1v) is 7.53. The SMILES string of the molecule is Cc1ccc(CNc2cc(Br)ccc2N(C)C)cc1C. The third-order valence-electron chi connectivity index (χ3n) is 3.49. The molecule has 0 aliphatic carbocycles. The monoisotopic (exact) mass is 332 g/mol. The minimum Gasteiger partial charge on any atom is -0.379 e. The number of benzene rings is 2. The third kappa shape index (κ3) is 3.54. The molecule has 106 valence electrons. The molecule has 0 aliphatic rings. The number of anilines is 2. The van der Waals surface area contributed by atoms with Crippen molar-refractivity contribution in [1.82, 2.24) is 0 Å². The first-order valence-electron chi connectivity index (χ1n) is 6.74. The summed E-state index contributed by atoms with van der Waals surface area (Å²) >= 11 is 3.53. The molecular formula is C17H21BrN2. The Kier molecular flexibility index (Phi) is 4.71. The van der Waals surface area contributed by atoms with Crippen LogP contribution in [0.5, 0.6) is 0 Å². The molecule has 2 rings (SSSR count). The lowest BCUT2D eigenvalue weighted by Crippen LogP contribution is -2.12. The topological polar surface area (TPSA) is 15.3 Å². The summed E-state index contributed by atoms with van der Waals surface area (Å²) in [5.41, 5.74) is 6.31. The molecule has 0 saturated heterocycles. The molecule has 1 N–H and O–H groups in total. The van der Waals surface area contributed by atoms with Gasteiger partial charge in [0, 0.05) is 25.1 Å². The van der Waals surface area contributed by atoms with Gasteiger partial charge in [0.1, 0.15) is 0 Å². The van der Waals surface area contributed by atoms with Crippen LogP contribution in [0.1, 0.15) is 16.7 Å². The van der Waals surface area contributed by atoms with Crippen LogP contribution >= 0.6 is 15.9 Å². The minimum absolute atomic E-state index is 0.832. The van der Waals surface area contributed by atoms with Crippen LogP contribution in [0.2, 0.25) is 0 Å². The van der Waals surface area contributed by atoms with Gasteiger partial charge in [-0.2, -0.15) is 0 Å². The lowest BCUT2D eigenvalue weighted by molar-refractivity contribution is 1.09. The standard InChI is InChI=1S/C17H21BrN2/c1-12-5-6-14(9-13(12)2)11-19-16-10-15(18)7-8-17(16)20(3)4/h5-10,19H,11H2,1-4H3. The number of aryl methyl sites for hydroxylation is 2. The van der Waals surface area contributed by atoms with E-state index in [0.717, 1.165) is 16.7 Å². The highest BCUT2D eigenvalue weighted by Crippen LogP contribution is 2.28. The molecular weight excluding hydrogens is 312 g/mol. The molecule has 0 radical (unpaired) electrons. The lowest BCUT2D eigenvalue weighted by atomic mass is 10.1. The normalized spacial score (nSPS) is 10.4. The largest absolute Gasteiger partial charge is 0.379 e. The maximum atomic E-state index is 3.53. The highest BCUT2D eigenvalue weighted by molar-refractivity contribution is 9.10. The Balaban J connectivity index is 2.17. The third-order valence-corrected chi connectivity index (χ3v) is 3.99. The second kappa shape index (κ2) is 6.31. The molecule has 3 heteroatoms. The van der Waals surface area contributed by atoms with Gasteiger partial charge in [-0.05, 0) is 48.7 Å². The summed E-state index contributed by atoms with van der Waals surface area (Å²) in [5, 5.41) is 3.53. The van der Waals surface area contributed by atoms with Crippen molar-refractivity contribution < 1.29 is 0 Å². The molecule has 0 unspecified atom stereocenters. The van der Waals surface area contributed by atoms with Gasteiger partial charge in [0.15, 0.2) is 0 Å². The van der Waals surface area contributed by atoms with E-state index in [4.69, 9.17) is 0 Å². The first kappa shape index (κ1) is 14.9. The number of rotatable bonds is 4. The molecule has 2 nitrogen and oxygen atoms in total. The Morgan fingerprint density at radius 1 is 1.00 bits per heavy atom. The average Bonchev–Trinajstić information content (AvgIpc) is 2.40. The van der Waals surface area contributed by atoms with Crippen molar-refractivity contribution >= 4 is 27.3 Å². The Morgan fingerprint density at radius 2 is 1.75 bits per heavy atom. The molecule has 20 heavy (non-hydrogen) atoms. The highest BCUT2D eigenvalue weighted by atomic mass is 79.9. The molecule has 0 bridgehead atoms. The van der Waals surface area contributed by atoms with Crippen LogP contribution in [0, 0.1) is 13.8 Å². The van der Waals surface area contributed by atoms with Gasteiger partial charge in [-0.15, -0.1) is 0 Å². The van der Waals surface area contributed by atoms with E-state index in [0.29, 0.717) is 0 Å². The predicted molar refractivity (Wildman–Crippen MR) is 91.7 cm³/mol. The van der Waals surface area contributed by atoms with E-state index >= 15 is 0 Å². The zero-order chi connectivity index (χ0) is 14.7. The summed E-state index contributed by atoms with van der Waals surface area (Å²) in [4.78, 5) is 2.12. The molecule has 0 saturated carbocycles. The molecule has 0 heterocycles. The van der Waals surface area contributed by atoms with Gasteiger partial charge in [0.2, 0.25) is 0 Å². The van der Waals surface area contributed by atoms with Crippen molar-refractivity contribution in [2.24, 2.45) is 0 Å². The van der Waals surface area contributed by atoms with Gasteiger partial charge >= 0.3 is 0 Å². The van der Waals surface area contributed by atoms with Crippen molar-refractivity contribution in [2.45, 2.75) is 20.4 Å². The maximum Gasteiger partial charge on any atom is 0.0597 e. The average molecular weight is 333 g/mol. The summed E-state index contributed by atoms with van der Waals surface area (Å²) in [6.07, 6.45) is 0. The van der Waals surface area contributed by atoms with Gasteiger partial charge in [0.25, 0.3) is 0 Å². The molecule has 0 atom stereocenters. The minimum atomic E-state index is 0.832. The summed E-state index contributed by atoms with van der Waals surface area (Å²) in [6, 6.07) is 12.9. The fourth-order valence-corrected chi connectivity index (χ4v) is 2.51. The Hall–Kier alpha value is -1.48. The van der Waals surface area contributed by atoms with E-state index in [2.05, 4.69) is 90.5 Å². The van der Waals surface area contributed by atoms with Crippen LogP contribution in [0.4, 0.5) is 11.4 Å². The van der Waals surface area contributed by atoms with Crippen molar-refractivity contribution in [3.8, 4) is 0 Å². The van der Waals surface area contributed by atoms with E-state index in [1.54, 1.807) is 0 Å². The lowest BCUT2D eigenvalue weighted by Gasteiger charge is -2.19. The van der Waals surface area contributed by atoms with Crippen molar-refractivity contribution in [2.75, 3.05) is 24.3 Å². The van der Waals surface area contributed by atoms with Gasteiger partial charge in [-0.3, -0.25) is 0 Å². The van der Waals surface area contributed by atoms with Crippen molar-refractivity contribution in [3.05, 3.63) is 57.6 Å². The van der Waals surface area contributed by atoms with Crippen LogP contribution < -0.4 is 10.2 Å². The summed E-state index contributed by atoms with van der Waals surface area (Å²) in [6.45, 7) is 5.13. The number of nitrogens with one attached hydrogen (secondary N) is 1. The van der Waals surface area contributed by atoms with Crippen molar-refractivity contribution in [3.63, 3.8) is 0 Å². The van der Waals surface area contributed by atoms with Crippen LogP contribution in [-0.4, -0.2) is 14.1 Å². The molecule has 0 aromatic heterocycles. The summed E-state index contributed by atoms with van der Waals surface area (Å²) < 4.78 is 1.09. The zero-order valence-electron chi connectivity index (χ0n) is 12.5. The Morgan fingerprint density at radius 3 is 2.40 bits per heavy atom. The van der Waals surface area contributed by atoms with E-state index in [-0.39, 0.29) is 0 Å². The van der Waals surface area contributed by atoms with Crippen molar-refractivity contribution in [1.29, 1.82) is 0 Å². The zero-order valence-corrected chi connectivity index (χ0v) is 14.1. The maximum absolute atomic E-state index is 3.53. The molecule has 0 fully saturated rings. The molecule has 0 spiro atoms. The van der Waals surface area contributed by atoms with Gasteiger partial charge < -0.3 is 10.2 Å². The second-order valence-electron chi connectivity index (χ2n) is 5.33. The second-order valence-corrected chi connectivity index (χ2v) is 6.24. The van der Waals surface area contributed by atoms with Crippen LogP contribution in [0.3, 0.4) is 0 Å². The van der Waals surface area contributed by atoms with Crippen LogP contribution in [0.25, 0.3) is 0 Å². The number of hydrogen-bond acceptors (Lipinski definition) is 2. The van der Waals surface area contributed by atoms with E-state index < -0.39 is 0 Å². The van der Waals surface area contributed by atoms with Crippen LogP contribution in [-0.2, 0) is 6.54 Å². The molecule has 2 aromatic carbocycles. The summed E-state index contributed by atoms with van der Waals surface area (Å²) in [5.74, 6) is 0.